The van der Waals surface area contributed by atoms with Gasteiger partial charge in [0.1, 0.15) is 0 Å². The van der Waals surface area contributed by atoms with Gasteiger partial charge in [0, 0.05) is 34.2 Å². The van der Waals surface area contributed by atoms with Crippen molar-refractivity contribution in [2.45, 2.75) is 46.2 Å². The van der Waals surface area contributed by atoms with E-state index in [1.54, 1.807) is 18.4 Å². The van der Waals surface area contributed by atoms with Gasteiger partial charge >= 0.3 is 5.97 Å². The first-order valence-electron chi connectivity index (χ1n) is 14.4. The largest absolute Gasteiger partial charge is 0.463 e. The topological polar surface area (TPSA) is 65.6 Å². The van der Waals surface area contributed by atoms with Crippen molar-refractivity contribution < 1.29 is 9.53 Å². The van der Waals surface area contributed by atoms with Crippen LogP contribution < -0.4 is 14.9 Å². The molecule has 2 aromatic heterocycles. The number of thiazole rings is 1. The Bertz CT molecular complexity index is 2070. The summed E-state index contributed by atoms with van der Waals surface area (Å²) in [5.74, 6) is -0.100. The number of benzene rings is 3. The number of nitrogens with zero attached hydrogens (tertiary/aromatic N) is 3. The molecule has 0 aliphatic carbocycles. The Morgan fingerprint density at radius 2 is 1.79 bits per heavy atom. The van der Waals surface area contributed by atoms with E-state index in [2.05, 4.69) is 48.9 Å². The summed E-state index contributed by atoms with van der Waals surface area (Å²) >= 11 is 7.81. The van der Waals surface area contributed by atoms with Gasteiger partial charge in [-0.3, -0.25) is 9.36 Å². The van der Waals surface area contributed by atoms with Crippen molar-refractivity contribution in [1.82, 2.24) is 9.13 Å². The van der Waals surface area contributed by atoms with E-state index < -0.39 is 12.0 Å². The predicted molar refractivity (Wildman–Crippen MR) is 173 cm³/mol. The van der Waals surface area contributed by atoms with Crippen LogP contribution in [0.25, 0.3) is 17.0 Å². The lowest BCUT2D eigenvalue weighted by Crippen LogP contribution is -2.39. The summed E-state index contributed by atoms with van der Waals surface area (Å²) < 4.78 is 9.78. The normalized spacial score (nSPS) is 15.2. The number of rotatable bonds is 7. The number of esters is 1. The Hall–Kier alpha value is -4.20. The molecule has 0 amide bonds. The monoisotopic (exact) mass is 609 g/mol. The molecule has 0 N–H and O–H groups in total. The second-order valence-corrected chi connectivity index (χ2v) is 12.4. The van der Waals surface area contributed by atoms with Gasteiger partial charge in [-0.1, -0.05) is 97.4 Å². The van der Waals surface area contributed by atoms with Crippen molar-refractivity contribution >= 4 is 45.9 Å². The molecule has 1 aliphatic heterocycles. The van der Waals surface area contributed by atoms with E-state index >= 15 is 0 Å². The van der Waals surface area contributed by atoms with Gasteiger partial charge in [0.25, 0.3) is 5.56 Å². The third kappa shape index (κ3) is 5.39. The van der Waals surface area contributed by atoms with E-state index in [9.17, 15) is 9.59 Å². The van der Waals surface area contributed by atoms with Gasteiger partial charge < -0.3 is 9.30 Å². The SMILES string of the molecule is CCOC(=O)C1=C(C)N=c2s/c(=C/c3cn(Cc4ccccc4Cl)c4ccccc34)c(=O)n2[C@H]1c1ccc(C(C)C)cc1. The van der Waals surface area contributed by atoms with E-state index in [-0.39, 0.29) is 12.2 Å². The maximum Gasteiger partial charge on any atom is 0.338 e. The van der Waals surface area contributed by atoms with Crippen molar-refractivity contribution in [2.24, 2.45) is 4.99 Å². The van der Waals surface area contributed by atoms with Crippen LogP contribution in [0.1, 0.15) is 61.9 Å². The number of para-hydroxylation sites is 1. The molecular formula is C35H32ClN3O3S. The molecule has 218 valence electrons. The highest BCUT2D eigenvalue weighted by Crippen LogP contribution is 2.32. The molecule has 3 heterocycles. The summed E-state index contributed by atoms with van der Waals surface area (Å²) in [5.41, 5.74) is 5.75. The summed E-state index contributed by atoms with van der Waals surface area (Å²) in [4.78, 5) is 32.7. The lowest BCUT2D eigenvalue weighted by molar-refractivity contribution is -0.139. The Labute approximate surface area is 258 Å². The molecule has 5 aromatic rings. The minimum Gasteiger partial charge on any atom is -0.463 e. The van der Waals surface area contributed by atoms with Crippen LogP contribution in [0.15, 0.2) is 100 Å². The van der Waals surface area contributed by atoms with Gasteiger partial charge in [-0.05, 0) is 54.7 Å². The molecule has 43 heavy (non-hydrogen) atoms. The number of hydrogen-bond acceptors (Lipinski definition) is 5. The van der Waals surface area contributed by atoms with Gasteiger partial charge in [0.15, 0.2) is 4.80 Å². The van der Waals surface area contributed by atoms with Crippen LogP contribution >= 0.6 is 22.9 Å². The number of carbonyl (C=O) groups excluding carboxylic acids is 1. The molecular weight excluding hydrogens is 578 g/mol. The Kier molecular flexibility index (Phi) is 7.95. The van der Waals surface area contributed by atoms with E-state index in [0.29, 0.717) is 38.1 Å². The molecule has 0 unspecified atom stereocenters. The molecule has 6 nitrogen and oxygen atoms in total. The van der Waals surface area contributed by atoms with Crippen LogP contribution in [0.5, 0.6) is 0 Å². The van der Waals surface area contributed by atoms with Gasteiger partial charge in [-0.25, -0.2) is 9.79 Å². The summed E-state index contributed by atoms with van der Waals surface area (Å²) in [5, 5.41) is 1.74. The van der Waals surface area contributed by atoms with Crippen LogP contribution in [-0.2, 0) is 16.1 Å². The first-order valence-corrected chi connectivity index (χ1v) is 15.6. The molecule has 8 heteroatoms. The number of hydrogen-bond donors (Lipinski definition) is 0. The van der Waals surface area contributed by atoms with Crippen molar-refractivity contribution in [1.29, 1.82) is 0 Å². The zero-order valence-electron chi connectivity index (χ0n) is 24.5. The zero-order chi connectivity index (χ0) is 30.2. The summed E-state index contributed by atoms with van der Waals surface area (Å²) in [6.07, 6.45) is 3.99. The van der Waals surface area contributed by atoms with Crippen molar-refractivity contribution in [3.63, 3.8) is 0 Å². The average Bonchev–Trinajstić information content (AvgIpc) is 3.50. The fraction of sp³-hybridized carbons (Fsp3) is 0.229. The number of aromatic nitrogens is 2. The van der Waals surface area contributed by atoms with E-state index in [0.717, 1.165) is 27.6 Å². The summed E-state index contributed by atoms with van der Waals surface area (Å²) in [7, 11) is 0. The quantitative estimate of drug-likeness (QED) is 0.196. The number of halogens is 1. The lowest BCUT2D eigenvalue weighted by Gasteiger charge is -2.25. The van der Waals surface area contributed by atoms with E-state index in [4.69, 9.17) is 21.3 Å². The lowest BCUT2D eigenvalue weighted by atomic mass is 9.93. The maximum absolute atomic E-state index is 14.2. The molecule has 1 aliphatic rings. The summed E-state index contributed by atoms with van der Waals surface area (Å²) in [6.45, 7) is 8.69. The fourth-order valence-corrected chi connectivity index (χ4v) is 6.88. The van der Waals surface area contributed by atoms with Crippen molar-refractivity contribution in [3.05, 3.63) is 137 Å². The fourth-order valence-electron chi connectivity index (χ4n) is 5.64. The van der Waals surface area contributed by atoms with Crippen molar-refractivity contribution in [3.8, 4) is 0 Å². The Balaban J connectivity index is 1.51. The Morgan fingerprint density at radius 3 is 2.51 bits per heavy atom. The highest BCUT2D eigenvalue weighted by atomic mass is 35.5. The molecule has 0 fully saturated rings. The summed E-state index contributed by atoms with van der Waals surface area (Å²) in [6, 6.07) is 23.4. The minimum atomic E-state index is -0.639. The Morgan fingerprint density at radius 1 is 1.07 bits per heavy atom. The molecule has 6 rings (SSSR count). The average molecular weight is 610 g/mol. The van der Waals surface area contributed by atoms with Gasteiger partial charge in [0.05, 0.1) is 28.5 Å². The van der Waals surface area contributed by atoms with Gasteiger partial charge in [-0.2, -0.15) is 0 Å². The van der Waals surface area contributed by atoms with E-state index in [1.807, 2.05) is 54.6 Å². The van der Waals surface area contributed by atoms with E-state index in [1.165, 1.54) is 16.9 Å². The van der Waals surface area contributed by atoms with Crippen LogP contribution in [0.4, 0.5) is 0 Å². The smallest absolute Gasteiger partial charge is 0.338 e. The highest BCUT2D eigenvalue weighted by Gasteiger charge is 2.33. The molecule has 0 spiro atoms. The van der Waals surface area contributed by atoms with Crippen LogP contribution in [0, 0.1) is 0 Å². The van der Waals surface area contributed by atoms with Crippen LogP contribution in [0.2, 0.25) is 5.02 Å². The molecule has 3 aromatic carbocycles. The number of fused-ring (bicyclic) bond motifs is 2. The molecule has 0 saturated carbocycles. The molecule has 0 saturated heterocycles. The molecule has 1 atom stereocenters. The second kappa shape index (κ2) is 11.8. The highest BCUT2D eigenvalue weighted by molar-refractivity contribution is 7.07. The van der Waals surface area contributed by atoms with Gasteiger partial charge in [-0.15, -0.1) is 0 Å². The maximum atomic E-state index is 14.2. The molecule has 0 radical (unpaired) electrons. The molecule has 0 bridgehead atoms. The standard InChI is InChI=1S/C35H32ClN3O3S/c1-5-42-34(41)31-22(4)37-35-39(32(31)24-16-14-23(15-17-24)21(2)3)33(40)30(43-35)18-26-20-38(29-13-9-7-11-27(26)29)19-25-10-6-8-12-28(25)36/h6-18,20-21,32H,5,19H2,1-4H3/b30-18+/t32-/m0/s1. The predicted octanol–water partition coefficient (Wildman–Crippen LogP) is 6.58. The number of ether oxygens (including phenoxy) is 1. The third-order valence-corrected chi connectivity index (χ3v) is 9.19. The number of allylic oxidation sites excluding steroid dienone is 1. The zero-order valence-corrected chi connectivity index (χ0v) is 26.1. The first-order chi connectivity index (χ1) is 20.8. The minimum absolute atomic E-state index is 0.195. The van der Waals surface area contributed by atoms with Gasteiger partial charge in [0.2, 0.25) is 0 Å². The first kappa shape index (κ1) is 28.9. The van der Waals surface area contributed by atoms with Crippen LogP contribution in [-0.4, -0.2) is 21.7 Å². The number of carbonyl (C=O) groups is 1. The van der Waals surface area contributed by atoms with Crippen LogP contribution in [0.3, 0.4) is 0 Å². The third-order valence-electron chi connectivity index (χ3n) is 7.84. The second-order valence-electron chi connectivity index (χ2n) is 10.9. The van der Waals surface area contributed by atoms with Crippen molar-refractivity contribution in [2.75, 3.05) is 6.61 Å².